The third kappa shape index (κ3) is 2.98. The number of rotatable bonds is 4. The number of nitriles is 1. The highest BCUT2D eigenvalue weighted by atomic mass is 16.5. The number of nitrogens with two attached hydrogens (primary N) is 1. The standard InChI is InChI=1S/C16H23N5O2/c1-19-10-13(8-14(19)9-17)11-20-3-5-21(6-4-20)16(15(18)22)2-7-23-12-16/h8,10H,2-7,11-12H2,1H3,(H2,18,22). The maximum atomic E-state index is 11.9. The SMILES string of the molecule is Cn1cc(CN2CCN(C3(C(N)=O)CCOC3)CC2)cc1C#N. The molecule has 2 aliphatic heterocycles. The van der Waals surface area contributed by atoms with E-state index in [1.54, 1.807) is 0 Å². The molecule has 2 N–H and O–H groups in total. The molecule has 2 aliphatic rings. The zero-order valence-electron chi connectivity index (χ0n) is 13.5. The van der Waals surface area contributed by atoms with Crippen molar-refractivity contribution >= 4 is 5.91 Å². The van der Waals surface area contributed by atoms with Gasteiger partial charge in [0, 0.05) is 59.0 Å². The summed E-state index contributed by atoms with van der Waals surface area (Å²) in [6.45, 7) is 5.21. The van der Waals surface area contributed by atoms with Gasteiger partial charge < -0.3 is 15.0 Å². The van der Waals surface area contributed by atoms with Crippen molar-refractivity contribution in [2.75, 3.05) is 39.4 Å². The zero-order chi connectivity index (χ0) is 16.4. The van der Waals surface area contributed by atoms with E-state index in [0.29, 0.717) is 25.3 Å². The molecule has 1 atom stereocenters. The Kier molecular flexibility index (Phi) is 4.39. The molecule has 3 heterocycles. The van der Waals surface area contributed by atoms with Gasteiger partial charge in [0.1, 0.15) is 17.3 Å². The lowest BCUT2D eigenvalue weighted by atomic mass is 9.94. The van der Waals surface area contributed by atoms with Crippen LogP contribution in [0.15, 0.2) is 12.3 Å². The topological polar surface area (TPSA) is 87.5 Å². The van der Waals surface area contributed by atoms with Gasteiger partial charge in [0.2, 0.25) is 5.91 Å². The van der Waals surface area contributed by atoms with Gasteiger partial charge in [0.15, 0.2) is 0 Å². The third-order valence-corrected chi connectivity index (χ3v) is 5.02. The fourth-order valence-corrected chi connectivity index (χ4v) is 3.58. The van der Waals surface area contributed by atoms with Crippen LogP contribution in [0.4, 0.5) is 0 Å². The average molecular weight is 317 g/mol. The summed E-state index contributed by atoms with van der Waals surface area (Å²) in [4.78, 5) is 16.5. The minimum absolute atomic E-state index is 0.273. The molecule has 2 fully saturated rings. The maximum absolute atomic E-state index is 11.9. The second-order valence-corrected chi connectivity index (χ2v) is 6.42. The Labute approximate surface area is 136 Å². The summed E-state index contributed by atoms with van der Waals surface area (Å²) in [5.41, 5.74) is 6.85. The Morgan fingerprint density at radius 2 is 2.17 bits per heavy atom. The number of hydrogen-bond donors (Lipinski definition) is 1. The van der Waals surface area contributed by atoms with Crippen LogP contribution in [0.1, 0.15) is 17.7 Å². The van der Waals surface area contributed by atoms with Crippen LogP contribution in [-0.2, 0) is 23.1 Å². The lowest BCUT2D eigenvalue weighted by molar-refractivity contribution is -0.132. The predicted octanol–water partition coefficient (Wildman–Crippen LogP) is -0.341. The first-order chi connectivity index (χ1) is 11.0. The van der Waals surface area contributed by atoms with E-state index in [1.807, 2.05) is 23.9 Å². The molecule has 1 aromatic rings. The number of aromatic nitrogens is 1. The zero-order valence-corrected chi connectivity index (χ0v) is 13.5. The van der Waals surface area contributed by atoms with E-state index in [-0.39, 0.29) is 5.91 Å². The normalized spacial score (nSPS) is 26.3. The molecule has 0 aromatic carbocycles. The minimum atomic E-state index is -0.618. The maximum Gasteiger partial charge on any atom is 0.240 e. The molecule has 23 heavy (non-hydrogen) atoms. The van der Waals surface area contributed by atoms with Crippen molar-refractivity contribution in [1.29, 1.82) is 5.26 Å². The monoisotopic (exact) mass is 317 g/mol. The van der Waals surface area contributed by atoms with Gasteiger partial charge >= 0.3 is 0 Å². The number of piperazine rings is 1. The molecule has 7 nitrogen and oxygen atoms in total. The largest absolute Gasteiger partial charge is 0.379 e. The number of carbonyl (C=O) groups is 1. The van der Waals surface area contributed by atoms with Gasteiger partial charge in [0.25, 0.3) is 0 Å². The summed E-state index contributed by atoms with van der Waals surface area (Å²) >= 11 is 0. The third-order valence-electron chi connectivity index (χ3n) is 5.02. The molecular weight excluding hydrogens is 294 g/mol. The second kappa shape index (κ2) is 6.32. The summed E-state index contributed by atoms with van der Waals surface area (Å²) < 4.78 is 7.29. The van der Waals surface area contributed by atoms with Crippen LogP contribution in [0.2, 0.25) is 0 Å². The molecule has 1 amide bonds. The molecule has 0 radical (unpaired) electrons. The summed E-state index contributed by atoms with van der Waals surface area (Å²) in [6.07, 6.45) is 2.69. The van der Waals surface area contributed by atoms with E-state index in [4.69, 9.17) is 15.7 Å². The van der Waals surface area contributed by atoms with E-state index in [2.05, 4.69) is 15.9 Å². The number of nitrogens with zero attached hydrogens (tertiary/aromatic N) is 4. The van der Waals surface area contributed by atoms with E-state index in [1.165, 1.54) is 0 Å². The number of primary amides is 1. The lowest BCUT2D eigenvalue weighted by Crippen LogP contribution is -2.63. The summed E-state index contributed by atoms with van der Waals surface area (Å²) in [5.74, 6) is -0.273. The highest BCUT2D eigenvalue weighted by molar-refractivity contribution is 5.85. The van der Waals surface area contributed by atoms with E-state index < -0.39 is 5.54 Å². The first-order valence-electron chi connectivity index (χ1n) is 7.95. The Morgan fingerprint density at radius 1 is 1.43 bits per heavy atom. The Bertz CT molecular complexity index is 619. The molecule has 0 aliphatic carbocycles. The van der Waals surface area contributed by atoms with Crippen molar-refractivity contribution in [3.05, 3.63) is 23.5 Å². The van der Waals surface area contributed by atoms with Crippen LogP contribution in [0.3, 0.4) is 0 Å². The van der Waals surface area contributed by atoms with Gasteiger partial charge in [-0.1, -0.05) is 0 Å². The van der Waals surface area contributed by atoms with Gasteiger partial charge in [0.05, 0.1) is 6.61 Å². The Balaban J connectivity index is 1.60. The van der Waals surface area contributed by atoms with Crippen LogP contribution >= 0.6 is 0 Å². The van der Waals surface area contributed by atoms with Crippen LogP contribution in [0, 0.1) is 11.3 Å². The van der Waals surface area contributed by atoms with Gasteiger partial charge in [-0.2, -0.15) is 5.26 Å². The molecule has 0 bridgehead atoms. The average Bonchev–Trinajstić information content (AvgIpc) is 3.15. The number of ether oxygens (including phenoxy) is 1. The molecule has 0 saturated carbocycles. The summed E-state index contributed by atoms with van der Waals surface area (Å²) in [7, 11) is 1.89. The van der Waals surface area contributed by atoms with Gasteiger partial charge in [-0.3, -0.25) is 14.6 Å². The van der Waals surface area contributed by atoms with Crippen molar-refractivity contribution in [2.24, 2.45) is 12.8 Å². The van der Waals surface area contributed by atoms with Crippen LogP contribution in [0.5, 0.6) is 0 Å². The molecule has 1 unspecified atom stereocenters. The second-order valence-electron chi connectivity index (χ2n) is 6.42. The summed E-state index contributed by atoms with van der Waals surface area (Å²) in [5, 5.41) is 9.03. The van der Waals surface area contributed by atoms with Crippen molar-refractivity contribution in [3.8, 4) is 6.07 Å². The molecule has 124 valence electrons. The fraction of sp³-hybridized carbons (Fsp3) is 0.625. The van der Waals surface area contributed by atoms with E-state index in [0.717, 1.165) is 38.3 Å². The van der Waals surface area contributed by atoms with Crippen molar-refractivity contribution < 1.29 is 9.53 Å². The molecule has 2 saturated heterocycles. The first kappa shape index (κ1) is 16.0. The van der Waals surface area contributed by atoms with Crippen LogP contribution < -0.4 is 5.73 Å². The smallest absolute Gasteiger partial charge is 0.240 e. The number of amides is 1. The van der Waals surface area contributed by atoms with Crippen LogP contribution in [0.25, 0.3) is 0 Å². The number of aryl methyl sites for hydroxylation is 1. The van der Waals surface area contributed by atoms with Crippen molar-refractivity contribution in [3.63, 3.8) is 0 Å². The Hall–Kier alpha value is -1.88. The fourth-order valence-electron chi connectivity index (χ4n) is 3.58. The lowest BCUT2D eigenvalue weighted by Gasteiger charge is -2.43. The summed E-state index contributed by atoms with van der Waals surface area (Å²) in [6, 6.07) is 4.12. The number of carbonyl (C=O) groups excluding carboxylic acids is 1. The van der Waals surface area contributed by atoms with E-state index in [9.17, 15) is 4.79 Å². The van der Waals surface area contributed by atoms with Gasteiger partial charge in [-0.25, -0.2) is 0 Å². The number of hydrogen-bond acceptors (Lipinski definition) is 5. The quantitative estimate of drug-likeness (QED) is 0.821. The molecule has 3 rings (SSSR count). The van der Waals surface area contributed by atoms with Gasteiger partial charge in [-0.05, 0) is 11.6 Å². The molecule has 1 aromatic heterocycles. The first-order valence-corrected chi connectivity index (χ1v) is 7.95. The Morgan fingerprint density at radius 3 is 2.70 bits per heavy atom. The predicted molar refractivity (Wildman–Crippen MR) is 84.3 cm³/mol. The minimum Gasteiger partial charge on any atom is -0.379 e. The van der Waals surface area contributed by atoms with Crippen molar-refractivity contribution in [1.82, 2.24) is 14.4 Å². The van der Waals surface area contributed by atoms with Gasteiger partial charge in [-0.15, -0.1) is 0 Å². The van der Waals surface area contributed by atoms with E-state index >= 15 is 0 Å². The highest BCUT2D eigenvalue weighted by Gasteiger charge is 2.46. The molecule has 0 spiro atoms. The molecule has 7 heteroatoms. The molecular formula is C16H23N5O2. The highest BCUT2D eigenvalue weighted by Crippen LogP contribution is 2.27. The van der Waals surface area contributed by atoms with Crippen LogP contribution in [-0.4, -0.2) is 65.2 Å². The van der Waals surface area contributed by atoms with Crippen molar-refractivity contribution in [2.45, 2.75) is 18.5 Å².